The normalized spacial score (nSPS) is 16.1. The maximum absolute atomic E-state index is 12.4. The van der Waals surface area contributed by atoms with Gasteiger partial charge in [-0.25, -0.2) is 9.69 Å². The van der Waals surface area contributed by atoms with Gasteiger partial charge in [0.05, 0.1) is 17.3 Å². The van der Waals surface area contributed by atoms with Crippen LogP contribution >= 0.6 is 0 Å². The lowest BCUT2D eigenvalue weighted by molar-refractivity contribution is -0.120. The minimum Gasteiger partial charge on any atom is -0.323 e. The zero-order chi connectivity index (χ0) is 16.6. The molecule has 1 N–H and O–H groups in total. The summed E-state index contributed by atoms with van der Waals surface area (Å²) >= 11 is 0. The van der Waals surface area contributed by atoms with Crippen LogP contribution in [-0.2, 0) is 4.79 Å². The molecule has 0 atom stereocenters. The molecule has 0 saturated carbocycles. The molecule has 0 unspecified atom stereocenters. The molecule has 3 rings (SSSR count). The average Bonchev–Trinajstić information content (AvgIpc) is 2.75. The van der Waals surface area contributed by atoms with Gasteiger partial charge in [-0.15, -0.1) is 0 Å². The monoisotopic (exact) mass is 305 g/mol. The molecule has 1 aliphatic heterocycles. The van der Waals surface area contributed by atoms with E-state index in [4.69, 9.17) is 0 Å². The van der Waals surface area contributed by atoms with Crippen molar-refractivity contribution in [3.05, 3.63) is 54.1 Å². The van der Waals surface area contributed by atoms with Gasteiger partial charge < -0.3 is 5.32 Å². The molecular weight excluding hydrogens is 290 g/mol. The Kier molecular flexibility index (Phi) is 3.38. The number of hydrogen-bond acceptors (Lipinski definition) is 3. The third kappa shape index (κ3) is 2.44. The van der Waals surface area contributed by atoms with Crippen molar-refractivity contribution < 1.29 is 9.59 Å². The molecule has 114 valence electrons. The fourth-order valence-corrected chi connectivity index (χ4v) is 2.61. The Hall–Kier alpha value is -3.13. The first-order valence-corrected chi connectivity index (χ1v) is 7.20. The number of rotatable bonds is 2. The van der Waals surface area contributed by atoms with E-state index in [1.807, 2.05) is 30.3 Å². The van der Waals surface area contributed by atoms with Crippen molar-refractivity contribution in [1.29, 1.82) is 5.26 Å². The predicted octanol–water partition coefficient (Wildman–Crippen LogP) is 3.06. The lowest BCUT2D eigenvalue weighted by Crippen LogP contribution is -2.40. The molecule has 0 bridgehead atoms. The zero-order valence-electron chi connectivity index (χ0n) is 12.8. The zero-order valence-corrected chi connectivity index (χ0v) is 12.8. The standard InChI is InChI=1S/C18H15N3O2/c1-18(2)16(22)21(17(23)20-18)14-9-8-13(11-19)15(10-14)12-6-4-3-5-7-12/h3-10H,1-2H3,(H,20,23). The van der Waals surface area contributed by atoms with Crippen LogP contribution in [0, 0.1) is 11.3 Å². The van der Waals surface area contributed by atoms with Gasteiger partial charge in [0.25, 0.3) is 5.91 Å². The summed E-state index contributed by atoms with van der Waals surface area (Å²) < 4.78 is 0. The molecule has 1 heterocycles. The summed E-state index contributed by atoms with van der Waals surface area (Å²) in [7, 11) is 0. The molecular formula is C18H15N3O2. The Labute approximate surface area is 134 Å². The van der Waals surface area contributed by atoms with Crippen LogP contribution in [0.5, 0.6) is 0 Å². The molecule has 2 aromatic rings. The number of nitriles is 1. The first kappa shape index (κ1) is 14.8. The molecule has 1 aliphatic rings. The summed E-state index contributed by atoms with van der Waals surface area (Å²) in [6.45, 7) is 3.32. The summed E-state index contributed by atoms with van der Waals surface area (Å²) in [5.41, 5.74) is 1.56. The Morgan fingerprint density at radius 2 is 1.78 bits per heavy atom. The van der Waals surface area contributed by atoms with Gasteiger partial charge in [0, 0.05) is 5.56 Å². The lowest BCUT2D eigenvalue weighted by atomic mass is 9.99. The van der Waals surface area contributed by atoms with Gasteiger partial charge in [-0.3, -0.25) is 4.79 Å². The largest absolute Gasteiger partial charge is 0.329 e. The van der Waals surface area contributed by atoms with Crippen LogP contribution in [0.25, 0.3) is 11.1 Å². The summed E-state index contributed by atoms with van der Waals surface area (Å²) in [6, 6.07) is 16.0. The Bertz CT molecular complexity index is 835. The van der Waals surface area contributed by atoms with Crippen LogP contribution < -0.4 is 10.2 Å². The smallest absolute Gasteiger partial charge is 0.323 e. The first-order chi connectivity index (χ1) is 10.9. The summed E-state index contributed by atoms with van der Waals surface area (Å²) in [5.74, 6) is -0.314. The van der Waals surface area contributed by atoms with E-state index in [2.05, 4.69) is 11.4 Å². The van der Waals surface area contributed by atoms with Gasteiger partial charge in [0.2, 0.25) is 0 Å². The van der Waals surface area contributed by atoms with Gasteiger partial charge in [-0.05, 0) is 37.6 Å². The Morgan fingerprint density at radius 3 is 2.35 bits per heavy atom. The van der Waals surface area contributed by atoms with Crippen molar-refractivity contribution in [2.24, 2.45) is 0 Å². The SMILES string of the molecule is CC1(C)NC(=O)N(c2ccc(C#N)c(-c3ccccc3)c2)C1=O. The van der Waals surface area contributed by atoms with Gasteiger partial charge in [-0.1, -0.05) is 30.3 Å². The van der Waals surface area contributed by atoms with Crippen molar-refractivity contribution in [2.75, 3.05) is 4.90 Å². The molecule has 23 heavy (non-hydrogen) atoms. The molecule has 0 aliphatic carbocycles. The van der Waals surface area contributed by atoms with E-state index < -0.39 is 11.6 Å². The number of urea groups is 1. The lowest BCUT2D eigenvalue weighted by Gasteiger charge is -2.17. The average molecular weight is 305 g/mol. The number of amides is 3. The van der Waals surface area contributed by atoms with Crippen LogP contribution in [0.2, 0.25) is 0 Å². The maximum atomic E-state index is 12.4. The molecule has 5 heteroatoms. The van der Waals surface area contributed by atoms with E-state index in [9.17, 15) is 14.9 Å². The highest BCUT2D eigenvalue weighted by molar-refractivity contribution is 6.23. The third-order valence-corrected chi connectivity index (χ3v) is 3.83. The number of imide groups is 1. The number of carbonyl (C=O) groups is 2. The molecule has 5 nitrogen and oxygen atoms in total. The Morgan fingerprint density at radius 1 is 1.09 bits per heavy atom. The molecule has 0 aromatic heterocycles. The van der Waals surface area contributed by atoms with Crippen LogP contribution in [0.1, 0.15) is 19.4 Å². The number of nitrogens with one attached hydrogen (secondary N) is 1. The minimum absolute atomic E-state index is 0.314. The molecule has 0 spiro atoms. The van der Waals surface area contributed by atoms with Crippen molar-refractivity contribution in [3.8, 4) is 17.2 Å². The van der Waals surface area contributed by atoms with Crippen LogP contribution in [0.15, 0.2) is 48.5 Å². The van der Waals surface area contributed by atoms with E-state index in [1.165, 1.54) is 0 Å². The summed E-state index contributed by atoms with van der Waals surface area (Å²) in [6.07, 6.45) is 0. The highest BCUT2D eigenvalue weighted by Gasteiger charge is 2.45. The van der Waals surface area contributed by atoms with E-state index in [0.29, 0.717) is 16.8 Å². The molecule has 3 amide bonds. The van der Waals surface area contributed by atoms with Crippen LogP contribution in [0.3, 0.4) is 0 Å². The number of carbonyl (C=O) groups excluding carboxylic acids is 2. The second-order valence-electron chi connectivity index (χ2n) is 5.90. The van der Waals surface area contributed by atoms with Crippen molar-refractivity contribution in [1.82, 2.24) is 5.32 Å². The van der Waals surface area contributed by atoms with Gasteiger partial charge >= 0.3 is 6.03 Å². The fourth-order valence-electron chi connectivity index (χ4n) is 2.61. The van der Waals surface area contributed by atoms with Crippen LogP contribution in [-0.4, -0.2) is 17.5 Å². The quantitative estimate of drug-likeness (QED) is 0.867. The highest BCUT2D eigenvalue weighted by Crippen LogP contribution is 2.31. The fraction of sp³-hybridized carbons (Fsp3) is 0.167. The molecule has 1 fully saturated rings. The maximum Gasteiger partial charge on any atom is 0.329 e. The van der Waals surface area contributed by atoms with Crippen molar-refractivity contribution in [3.63, 3.8) is 0 Å². The van der Waals surface area contributed by atoms with Crippen molar-refractivity contribution in [2.45, 2.75) is 19.4 Å². The highest BCUT2D eigenvalue weighted by atomic mass is 16.2. The molecule has 1 saturated heterocycles. The second-order valence-corrected chi connectivity index (χ2v) is 5.90. The summed E-state index contributed by atoms with van der Waals surface area (Å²) in [5, 5.41) is 12.0. The summed E-state index contributed by atoms with van der Waals surface area (Å²) in [4.78, 5) is 25.7. The van der Waals surface area contributed by atoms with E-state index in [1.54, 1.807) is 32.0 Å². The van der Waals surface area contributed by atoms with Gasteiger partial charge in [0.15, 0.2) is 0 Å². The molecule has 2 aromatic carbocycles. The number of anilines is 1. The molecule has 0 radical (unpaired) electrons. The first-order valence-electron chi connectivity index (χ1n) is 7.20. The number of nitrogens with zero attached hydrogens (tertiary/aromatic N) is 2. The van der Waals surface area contributed by atoms with E-state index in [0.717, 1.165) is 10.5 Å². The van der Waals surface area contributed by atoms with Gasteiger partial charge in [0.1, 0.15) is 5.54 Å². The second kappa shape index (κ2) is 5.25. The van der Waals surface area contributed by atoms with Crippen LogP contribution in [0.4, 0.5) is 10.5 Å². The number of hydrogen-bond donors (Lipinski definition) is 1. The van der Waals surface area contributed by atoms with E-state index >= 15 is 0 Å². The van der Waals surface area contributed by atoms with Gasteiger partial charge in [-0.2, -0.15) is 5.26 Å². The number of benzene rings is 2. The van der Waals surface area contributed by atoms with E-state index in [-0.39, 0.29) is 5.91 Å². The third-order valence-electron chi connectivity index (χ3n) is 3.83. The Balaban J connectivity index is 2.12. The van der Waals surface area contributed by atoms with Crippen molar-refractivity contribution >= 4 is 17.6 Å². The topological polar surface area (TPSA) is 73.2 Å². The minimum atomic E-state index is -0.933. The predicted molar refractivity (Wildman–Crippen MR) is 86.7 cm³/mol.